The van der Waals surface area contributed by atoms with E-state index in [1.807, 2.05) is 4.72 Å². The number of aromatic nitrogens is 5. The van der Waals surface area contributed by atoms with E-state index in [4.69, 9.17) is 4.18 Å². The number of halogens is 3. The molecule has 37 heavy (non-hydrogen) atoms. The third-order valence-electron chi connectivity index (χ3n) is 5.60. The van der Waals surface area contributed by atoms with Crippen LogP contribution >= 0.6 is 0 Å². The van der Waals surface area contributed by atoms with E-state index >= 15 is 0 Å². The Labute approximate surface area is 209 Å². The number of carbonyl (C=O) groups is 1. The van der Waals surface area contributed by atoms with Crippen molar-refractivity contribution in [3.8, 4) is 0 Å². The van der Waals surface area contributed by atoms with Crippen LogP contribution in [0.25, 0.3) is 0 Å². The summed E-state index contributed by atoms with van der Waals surface area (Å²) in [7, 11) is -2.82. The molecule has 0 bridgehead atoms. The van der Waals surface area contributed by atoms with Gasteiger partial charge in [-0.15, -0.1) is 0 Å². The molecule has 12 nitrogen and oxygen atoms in total. The van der Waals surface area contributed by atoms with E-state index in [-0.39, 0.29) is 36.5 Å². The molecule has 0 aromatic carbocycles. The van der Waals surface area contributed by atoms with E-state index in [1.165, 1.54) is 42.6 Å². The highest BCUT2D eigenvalue weighted by molar-refractivity contribution is 7.84. The van der Waals surface area contributed by atoms with Gasteiger partial charge in [-0.05, 0) is 36.6 Å². The fourth-order valence-corrected chi connectivity index (χ4v) is 4.47. The molecule has 3 N–H and O–H groups in total. The monoisotopic (exact) mass is 541 g/mol. The number of anilines is 1. The number of ketones is 1. The maximum Gasteiger partial charge on any atom is 0.433 e. The molecule has 3 aromatic heterocycles. The summed E-state index contributed by atoms with van der Waals surface area (Å²) in [5, 5.41) is 17.4. The summed E-state index contributed by atoms with van der Waals surface area (Å²) in [6.07, 6.45) is -1.38. The number of nitrogens with zero attached hydrogens (tertiary/aromatic N) is 5. The second-order valence-corrected chi connectivity index (χ2v) is 9.74. The molecule has 0 unspecified atom stereocenters. The molecule has 0 spiro atoms. The Balaban J connectivity index is 1.46. The number of aliphatic hydroxyl groups excluding tert-OH is 1. The molecule has 1 aliphatic carbocycles. The van der Waals surface area contributed by atoms with E-state index in [0.29, 0.717) is 5.56 Å². The number of pyridine rings is 1. The molecular weight excluding hydrogens is 519 g/mol. The van der Waals surface area contributed by atoms with Crippen molar-refractivity contribution in [2.45, 2.75) is 43.8 Å². The van der Waals surface area contributed by atoms with Crippen LogP contribution in [-0.2, 0) is 27.2 Å². The van der Waals surface area contributed by atoms with Crippen molar-refractivity contribution in [3.05, 3.63) is 65.6 Å². The zero-order valence-corrected chi connectivity index (χ0v) is 20.1. The second-order valence-electron chi connectivity index (χ2n) is 8.23. The van der Waals surface area contributed by atoms with Gasteiger partial charge in [-0.3, -0.25) is 18.6 Å². The number of alkyl halides is 3. The average molecular weight is 542 g/mol. The summed E-state index contributed by atoms with van der Waals surface area (Å²) in [4.78, 5) is 24.4. The van der Waals surface area contributed by atoms with Gasteiger partial charge in [0.05, 0.1) is 18.2 Å². The Bertz CT molecular complexity index is 1380. The van der Waals surface area contributed by atoms with Crippen LogP contribution < -0.4 is 10.0 Å². The van der Waals surface area contributed by atoms with Gasteiger partial charge in [0, 0.05) is 31.7 Å². The van der Waals surface area contributed by atoms with Crippen LogP contribution in [0.5, 0.6) is 0 Å². The first-order valence-corrected chi connectivity index (χ1v) is 12.3. The van der Waals surface area contributed by atoms with E-state index in [9.17, 15) is 31.5 Å². The normalized spacial score (nSPS) is 20.2. The lowest BCUT2D eigenvalue weighted by Crippen LogP contribution is -2.31. The van der Waals surface area contributed by atoms with E-state index in [2.05, 4.69) is 25.4 Å². The lowest BCUT2D eigenvalue weighted by Gasteiger charge is -2.15. The third-order valence-corrected chi connectivity index (χ3v) is 6.60. The second kappa shape index (κ2) is 10.5. The van der Waals surface area contributed by atoms with Crippen molar-refractivity contribution < 1.29 is 35.7 Å². The summed E-state index contributed by atoms with van der Waals surface area (Å²) in [5.41, 5.74) is -0.654. The molecule has 0 radical (unpaired) electrons. The predicted molar refractivity (Wildman–Crippen MR) is 122 cm³/mol. The quantitative estimate of drug-likeness (QED) is 0.335. The highest BCUT2D eigenvalue weighted by Crippen LogP contribution is 2.29. The molecule has 0 aliphatic heterocycles. The van der Waals surface area contributed by atoms with Crippen molar-refractivity contribution in [2.75, 3.05) is 12.4 Å². The minimum atomic E-state index is -4.58. The van der Waals surface area contributed by atoms with Crippen molar-refractivity contribution in [1.82, 2.24) is 29.5 Å². The third kappa shape index (κ3) is 6.46. The lowest BCUT2D eigenvalue weighted by molar-refractivity contribution is -0.141. The molecule has 3 heterocycles. The van der Waals surface area contributed by atoms with Gasteiger partial charge >= 0.3 is 16.5 Å². The Hall–Kier alpha value is -3.47. The molecule has 0 saturated heterocycles. The Morgan fingerprint density at radius 2 is 2.05 bits per heavy atom. The first-order valence-electron chi connectivity index (χ1n) is 10.9. The molecule has 1 fully saturated rings. The van der Waals surface area contributed by atoms with Gasteiger partial charge in [0.1, 0.15) is 29.6 Å². The molecule has 0 amide bonds. The van der Waals surface area contributed by atoms with Gasteiger partial charge in [-0.25, -0.2) is 9.97 Å². The van der Waals surface area contributed by atoms with Gasteiger partial charge < -0.3 is 10.4 Å². The maximum absolute atomic E-state index is 13.1. The van der Waals surface area contributed by atoms with Crippen molar-refractivity contribution in [2.24, 2.45) is 0 Å². The number of rotatable bonds is 9. The van der Waals surface area contributed by atoms with Crippen molar-refractivity contribution >= 4 is 21.9 Å². The first kappa shape index (κ1) is 26.6. The molecule has 198 valence electrons. The van der Waals surface area contributed by atoms with Crippen LogP contribution in [0, 0.1) is 0 Å². The molecule has 1 aliphatic rings. The molecular formula is C21H22F3N7O5S. The smallest absolute Gasteiger partial charge is 0.390 e. The van der Waals surface area contributed by atoms with E-state index in [1.54, 1.807) is 0 Å². The maximum atomic E-state index is 13.1. The van der Waals surface area contributed by atoms with Crippen molar-refractivity contribution in [1.29, 1.82) is 0 Å². The Kier molecular flexibility index (Phi) is 7.54. The van der Waals surface area contributed by atoms with Gasteiger partial charge in [0.15, 0.2) is 0 Å². The molecule has 4 rings (SSSR count). The largest absolute Gasteiger partial charge is 0.433 e. The zero-order valence-electron chi connectivity index (χ0n) is 19.3. The zero-order chi connectivity index (χ0) is 26.8. The number of nitrogens with one attached hydrogen (secondary N) is 2. The standard InChI is InChI=1S/C21H22F3N7O5S/c1-25-37(34,35)36-17-8-13(7-16(17)32)29-20-14(9-26-11-28-20)19(33)15-3-5-31(30-15)10-12-2-4-27-18(6-12)21(22,23)24/h2-6,9,11,13,16-17,25,32H,7-8,10H2,1H3,(H,26,28,29)/t13-,16+,17-/m1/s1. The molecule has 3 aromatic rings. The van der Waals surface area contributed by atoms with Gasteiger partial charge in [0.2, 0.25) is 5.78 Å². The summed E-state index contributed by atoms with van der Waals surface area (Å²) in [6, 6.07) is 3.28. The minimum absolute atomic E-state index is 0.00994. The van der Waals surface area contributed by atoms with Crippen LogP contribution in [0.4, 0.5) is 19.0 Å². The van der Waals surface area contributed by atoms with Crippen LogP contribution in [0.3, 0.4) is 0 Å². The summed E-state index contributed by atoms with van der Waals surface area (Å²) >= 11 is 0. The highest BCUT2D eigenvalue weighted by Gasteiger charge is 2.37. The van der Waals surface area contributed by atoms with Crippen LogP contribution in [0.2, 0.25) is 0 Å². The SMILES string of the molecule is CNS(=O)(=O)O[C@@H]1C[C@H](Nc2ncncc2C(=O)c2ccn(Cc3ccnc(C(F)(F)F)c3)n2)C[C@@H]1O. The van der Waals surface area contributed by atoms with E-state index < -0.39 is 46.2 Å². The lowest BCUT2D eigenvalue weighted by atomic mass is 10.1. The fourth-order valence-electron chi connectivity index (χ4n) is 3.84. The number of hydrogen-bond donors (Lipinski definition) is 3. The molecule has 3 atom stereocenters. The summed E-state index contributed by atoms with van der Waals surface area (Å²) < 4.78 is 70.3. The molecule has 16 heteroatoms. The number of hydrogen-bond acceptors (Lipinski definition) is 10. The highest BCUT2D eigenvalue weighted by atomic mass is 32.2. The van der Waals surface area contributed by atoms with Crippen LogP contribution in [-0.4, -0.2) is 69.3 Å². The number of aliphatic hydroxyl groups is 1. The first-order chi connectivity index (χ1) is 17.4. The minimum Gasteiger partial charge on any atom is -0.390 e. The summed E-state index contributed by atoms with van der Waals surface area (Å²) in [6.45, 7) is -0.0217. The van der Waals surface area contributed by atoms with Crippen molar-refractivity contribution in [3.63, 3.8) is 0 Å². The van der Waals surface area contributed by atoms with Gasteiger partial charge in [-0.1, -0.05) is 0 Å². The summed E-state index contributed by atoms with van der Waals surface area (Å²) in [5.74, 6) is -0.399. The fraction of sp³-hybridized carbons (Fsp3) is 0.381. The number of carbonyl (C=O) groups excluding carboxylic acids is 1. The van der Waals surface area contributed by atoms with E-state index in [0.717, 1.165) is 12.3 Å². The average Bonchev–Trinajstić information content (AvgIpc) is 3.44. The topological polar surface area (TPSA) is 161 Å². The van der Waals surface area contributed by atoms with Crippen LogP contribution in [0.1, 0.15) is 40.2 Å². The van der Waals surface area contributed by atoms with Crippen LogP contribution in [0.15, 0.2) is 43.1 Å². The van der Waals surface area contributed by atoms with Gasteiger partial charge in [0.25, 0.3) is 0 Å². The predicted octanol–water partition coefficient (Wildman–Crippen LogP) is 1.15. The Morgan fingerprint density at radius 1 is 1.27 bits per heavy atom. The molecule has 1 saturated carbocycles. The van der Waals surface area contributed by atoms with Gasteiger partial charge in [-0.2, -0.15) is 31.4 Å². The Morgan fingerprint density at radius 3 is 2.78 bits per heavy atom.